The van der Waals surface area contributed by atoms with Crippen LogP contribution in [0.1, 0.15) is 36.8 Å². The van der Waals surface area contributed by atoms with E-state index in [0.717, 1.165) is 23.4 Å². The molecule has 0 radical (unpaired) electrons. The van der Waals surface area contributed by atoms with E-state index in [9.17, 15) is 0 Å². The number of hydrogen-bond donors (Lipinski definition) is 0. The summed E-state index contributed by atoms with van der Waals surface area (Å²) in [7, 11) is 0. The molecular formula is C17H17NO. The van der Waals surface area contributed by atoms with Gasteiger partial charge in [-0.3, -0.25) is 0 Å². The van der Waals surface area contributed by atoms with Crippen LogP contribution in [-0.4, -0.2) is 4.98 Å². The molecule has 19 heavy (non-hydrogen) atoms. The Hall–Kier alpha value is -2.09. The highest BCUT2D eigenvalue weighted by molar-refractivity contribution is 5.73. The number of benzene rings is 2. The summed E-state index contributed by atoms with van der Waals surface area (Å²) in [6, 6.07) is 16.5. The smallest absolute Gasteiger partial charge is 0.199 e. The van der Waals surface area contributed by atoms with Gasteiger partial charge >= 0.3 is 0 Å². The van der Waals surface area contributed by atoms with Gasteiger partial charge in [0, 0.05) is 6.42 Å². The molecule has 2 nitrogen and oxygen atoms in total. The Bertz CT molecular complexity index is 683. The van der Waals surface area contributed by atoms with Gasteiger partial charge in [-0.05, 0) is 29.2 Å². The zero-order valence-electron chi connectivity index (χ0n) is 11.3. The fourth-order valence-corrected chi connectivity index (χ4v) is 2.20. The van der Waals surface area contributed by atoms with Crippen LogP contribution in [0, 0.1) is 0 Å². The molecule has 1 aromatic heterocycles. The number of fused-ring (bicyclic) bond motifs is 1. The Labute approximate surface area is 113 Å². The van der Waals surface area contributed by atoms with Crippen molar-refractivity contribution in [2.24, 2.45) is 0 Å². The molecule has 96 valence electrons. The standard InChI is InChI=1S/C17H17NO/c1-12(2)14-8-9-16-15(11-14)18-17(19-16)10-13-6-4-3-5-7-13/h3-9,11-12H,10H2,1-2H3. The normalized spacial score (nSPS) is 11.3. The second-order valence-corrected chi connectivity index (χ2v) is 5.15. The summed E-state index contributed by atoms with van der Waals surface area (Å²) in [5, 5.41) is 0. The van der Waals surface area contributed by atoms with Crippen LogP contribution in [0.15, 0.2) is 52.9 Å². The Balaban J connectivity index is 1.93. The second kappa shape index (κ2) is 4.88. The SMILES string of the molecule is CC(C)c1ccc2oc(Cc3ccccc3)nc2c1. The van der Waals surface area contributed by atoms with Crippen LogP contribution in [0.3, 0.4) is 0 Å². The number of aromatic nitrogens is 1. The maximum atomic E-state index is 5.80. The molecule has 0 saturated carbocycles. The van der Waals surface area contributed by atoms with Gasteiger partial charge in [0.15, 0.2) is 11.5 Å². The molecule has 0 N–H and O–H groups in total. The van der Waals surface area contributed by atoms with Gasteiger partial charge in [0.1, 0.15) is 5.52 Å². The van der Waals surface area contributed by atoms with E-state index in [2.05, 4.69) is 43.1 Å². The fourth-order valence-electron chi connectivity index (χ4n) is 2.20. The Kier molecular flexibility index (Phi) is 3.08. The van der Waals surface area contributed by atoms with Crippen LogP contribution in [0.25, 0.3) is 11.1 Å². The lowest BCUT2D eigenvalue weighted by molar-refractivity contribution is 0.544. The van der Waals surface area contributed by atoms with Gasteiger partial charge in [0.2, 0.25) is 0 Å². The summed E-state index contributed by atoms with van der Waals surface area (Å²) in [5.74, 6) is 1.29. The van der Waals surface area contributed by atoms with Gasteiger partial charge in [-0.2, -0.15) is 0 Å². The van der Waals surface area contributed by atoms with E-state index in [0.29, 0.717) is 5.92 Å². The molecule has 0 unspecified atom stereocenters. The van der Waals surface area contributed by atoms with Gasteiger partial charge in [0.05, 0.1) is 0 Å². The highest BCUT2D eigenvalue weighted by Gasteiger charge is 2.08. The van der Waals surface area contributed by atoms with Crippen molar-refractivity contribution in [3.8, 4) is 0 Å². The summed E-state index contributed by atoms with van der Waals surface area (Å²) in [6.45, 7) is 4.37. The van der Waals surface area contributed by atoms with Crippen LogP contribution in [0.4, 0.5) is 0 Å². The predicted molar refractivity (Wildman–Crippen MR) is 77.3 cm³/mol. The second-order valence-electron chi connectivity index (χ2n) is 5.15. The number of hydrogen-bond acceptors (Lipinski definition) is 2. The summed E-state index contributed by atoms with van der Waals surface area (Å²) < 4.78 is 5.80. The Morgan fingerprint density at radius 1 is 1.05 bits per heavy atom. The molecule has 3 aromatic rings. The van der Waals surface area contributed by atoms with Gasteiger partial charge < -0.3 is 4.42 Å². The monoisotopic (exact) mass is 251 g/mol. The third-order valence-electron chi connectivity index (χ3n) is 3.32. The molecule has 0 aliphatic rings. The predicted octanol–water partition coefficient (Wildman–Crippen LogP) is 4.54. The molecule has 2 heteroatoms. The highest BCUT2D eigenvalue weighted by atomic mass is 16.3. The van der Waals surface area contributed by atoms with E-state index in [4.69, 9.17) is 4.42 Å². The first-order valence-electron chi connectivity index (χ1n) is 6.65. The van der Waals surface area contributed by atoms with Crippen molar-refractivity contribution in [1.29, 1.82) is 0 Å². The molecule has 0 fully saturated rings. The molecule has 0 amide bonds. The van der Waals surface area contributed by atoms with Crippen LogP contribution in [0.2, 0.25) is 0 Å². The summed E-state index contributed by atoms with van der Waals surface area (Å²) >= 11 is 0. The van der Waals surface area contributed by atoms with Gasteiger partial charge in [-0.25, -0.2) is 4.98 Å². The van der Waals surface area contributed by atoms with Crippen molar-refractivity contribution in [3.05, 3.63) is 65.5 Å². The van der Waals surface area contributed by atoms with E-state index in [1.165, 1.54) is 11.1 Å². The first kappa shape index (κ1) is 12.0. The van der Waals surface area contributed by atoms with E-state index >= 15 is 0 Å². The third-order valence-corrected chi connectivity index (χ3v) is 3.32. The van der Waals surface area contributed by atoms with Gasteiger partial charge in [-0.1, -0.05) is 50.2 Å². The molecule has 2 aromatic carbocycles. The van der Waals surface area contributed by atoms with Gasteiger partial charge in [-0.15, -0.1) is 0 Å². The lowest BCUT2D eigenvalue weighted by Crippen LogP contribution is -1.87. The first-order chi connectivity index (χ1) is 9.22. The fraction of sp³-hybridized carbons (Fsp3) is 0.235. The van der Waals surface area contributed by atoms with E-state index < -0.39 is 0 Å². The molecule has 0 atom stereocenters. The Morgan fingerprint density at radius 2 is 1.84 bits per heavy atom. The van der Waals surface area contributed by atoms with Crippen LogP contribution < -0.4 is 0 Å². The molecule has 0 aliphatic heterocycles. The molecule has 1 heterocycles. The van der Waals surface area contributed by atoms with Crippen LogP contribution >= 0.6 is 0 Å². The molecule has 3 rings (SSSR count). The summed E-state index contributed by atoms with van der Waals surface area (Å²) in [4.78, 5) is 4.58. The quantitative estimate of drug-likeness (QED) is 0.683. The van der Waals surface area contributed by atoms with Crippen molar-refractivity contribution in [2.75, 3.05) is 0 Å². The maximum absolute atomic E-state index is 5.80. The molecule has 0 aliphatic carbocycles. The first-order valence-corrected chi connectivity index (χ1v) is 6.65. The lowest BCUT2D eigenvalue weighted by Gasteiger charge is -2.02. The average Bonchev–Trinajstić information content (AvgIpc) is 2.80. The zero-order chi connectivity index (χ0) is 13.2. The number of nitrogens with zero attached hydrogens (tertiary/aromatic N) is 1. The number of rotatable bonds is 3. The van der Waals surface area contributed by atoms with Crippen LogP contribution in [0.5, 0.6) is 0 Å². The highest BCUT2D eigenvalue weighted by Crippen LogP contribution is 2.22. The average molecular weight is 251 g/mol. The minimum absolute atomic E-state index is 0.513. The molecule has 0 saturated heterocycles. The summed E-state index contributed by atoms with van der Waals surface area (Å²) in [6.07, 6.45) is 0.743. The Morgan fingerprint density at radius 3 is 2.58 bits per heavy atom. The minimum Gasteiger partial charge on any atom is -0.440 e. The van der Waals surface area contributed by atoms with Crippen molar-refractivity contribution < 1.29 is 4.42 Å². The van der Waals surface area contributed by atoms with E-state index in [1.54, 1.807) is 0 Å². The maximum Gasteiger partial charge on any atom is 0.199 e. The lowest BCUT2D eigenvalue weighted by atomic mass is 10.0. The molecule has 0 spiro atoms. The third kappa shape index (κ3) is 2.53. The van der Waals surface area contributed by atoms with E-state index in [-0.39, 0.29) is 0 Å². The van der Waals surface area contributed by atoms with Crippen molar-refractivity contribution in [2.45, 2.75) is 26.2 Å². The zero-order valence-corrected chi connectivity index (χ0v) is 11.3. The van der Waals surface area contributed by atoms with Crippen molar-refractivity contribution in [1.82, 2.24) is 4.98 Å². The minimum atomic E-state index is 0.513. The molecular weight excluding hydrogens is 234 g/mol. The van der Waals surface area contributed by atoms with Crippen molar-refractivity contribution in [3.63, 3.8) is 0 Å². The summed E-state index contributed by atoms with van der Waals surface area (Å²) in [5.41, 5.74) is 4.35. The van der Waals surface area contributed by atoms with Crippen molar-refractivity contribution >= 4 is 11.1 Å². The topological polar surface area (TPSA) is 26.0 Å². The number of oxazole rings is 1. The van der Waals surface area contributed by atoms with Crippen LogP contribution in [-0.2, 0) is 6.42 Å². The largest absolute Gasteiger partial charge is 0.440 e. The van der Waals surface area contributed by atoms with E-state index in [1.807, 2.05) is 24.3 Å². The molecule has 0 bridgehead atoms. The van der Waals surface area contributed by atoms with Gasteiger partial charge in [0.25, 0.3) is 0 Å².